The predicted molar refractivity (Wildman–Crippen MR) is 83.2 cm³/mol. The number of hydrogen-bond acceptors (Lipinski definition) is 4. The van der Waals surface area contributed by atoms with E-state index in [4.69, 9.17) is 0 Å². The molecule has 0 spiro atoms. The van der Waals surface area contributed by atoms with E-state index in [1.807, 2.05) is 30.3 Å². The van der Waals surface area contributed by atoms with Crippen LogP contribution in [0.4, 0.5) is 0 Å². The van der Waals surface area contributed by atoms with Gasteiger partial charge in [0.25, 0.3) is 5.91 Å². The zero-order valence-corrected chi connectivity index (χ0v) is 12.5. The van der Waals surface area contributed by atoms with Gasteiger partial charge in [0, 0.05) is 16.1 Å². The molecule has 1 aromatic carbocycles. The zero-order chi connectivity index (χ0) is 14.9. The molecule has 0 aliphatic heterocycles. The van der Waals surface area contributed by atoms with Crippen molar-refractivity contribution in [2.45, 2.75) is 37.4 Å². The van der Waals surface area contributed by atoms with Crippen molar-refractivity contribution in [1.29, 1.82) is 0 Å². The fraction of sp³-hybridized carbons (Fsp3) is 0.438. The van der Waals surface area contributed by atoms with Crippen LogP contribution in [-0.2, 0) is 4.79 Å². The Morgan fingerprint density at radius 1 is 1.33 bits per heavy atom. The molecule has 1 unspecified atom stereocenters. The summed E-state index contributed by atoms with van der Waals surface area (Å²) in [7, 11) is 0. The molecular formula is C16H19NO3S. The molecule has 2 aromatic rings. The lowest BCUT2D eigenvalue weighted by molar-refractivity contribution is -0.139. The SMILES string of the molecule is O=C(NCC(O)c1cc2ccccc2s1)C1(O)CCCC1. The van der Waals surface area contributed by atoms with Gasteiger partial charge in [0.2, 0.25) is 0 Å². The Labute approximate surface area is 127 Å². The van der Waals surface area contributed by atoms with Gasteiger partial charge in [-0.2, -0.15) is 0 Å². The topological polar surface area (TPSA) is 69.6 Å². The summed E-state index contributed by atoms with van der Waals surface area (Å²) in [4.78, 5) is 12.8. The van der Waals surface area contributed by atoms with Gasteiger partial charge in [0.1, 0.15) is 11.7 Å². The average molecular weight is 305 g/mol. The van der Waals surface area contributed by atoms with Gasteiger partial charge in [0.15, 0.2) is 0 Å². The van der Waals surface area contributed by atoms with Gasteiger partial charge in [0.05, 0.1) is 0 Å². The van der Waals surface area contributed by atoms with Crippen LogP contribution in [-0.4, -0.2) is 28.3 Å². The van der Waals surface area contributed by atoms with Crippen molar-refractivity contribution in [3.05, 3.63) is 35.2 Å². The number of amides is 1. The van der Waals surface area contributed by atoms with Crippen LogP contribution in [0.15, 0.2) is 30.3 Å². The molecule has 1 fully saturated rings. The highest BCUT2D eigenvalue weighted by Crippen LogP contribution is 2.31. The molecule has 5 heteroatoms. The lowest BCUT2D eigenvalue weighted by Gasteiger charge is -2.21. The number of rotatable bonds is 4. The second-order valence-corrected chi connectivity index (χ2v) is 6.77. The fourth-order valence-electron chi connectivity index (χ4n) is 2.81. The summed E-state index contributed by atoms with van der Waals surface area (Å²) in [6.45, 7) is 0.133. The van der Waals surface area contributed by atoms with Crippen molar-refractivity contribution in [3.63, 3.8) is 0 Å². The van der Waals surface area contributed by atoms with Gasteiger partial charge in [-0.1, -0.05) is 18.2 Å². The Hall–Kier alpha value is -1.43. The average Bonchev–Trinajstić information content (AvgIpc) is 3.11. The van der Waals surface area contributed by atoms with Crippen molar-refractivity contribution in [1.82, 2.24) is 5.32 Å². The maximum Gasteiger partial charge on any atom is 0.252 e. The largest absolute Gasteiger partial charge is 0.386 e. The molecule has 1 heterocycles. The van der Waals surface area contributed by atoms with Crippen LogP contribution < -0.4 is 5.32 Å². The van der Waals surface area contributed by atoms with Crippen molar-refractivity contribution in [3.8, 4) is 0 Å². The first-order valence-corrected chi connectivity index (χ1v) is 8.07. The molecule has 1 aliphatic rings. The van der Waals surface area contributed by atoms with Gasteiger partial charge in [-0.15, -0.1) is 11.3 Å². The highest BCUT2D eigenvalue weighted by Gasteiger charge is 2.38. The third-order valence-electron chi connectivity index (χ3n) is 4.08. The third-order valence-corrected chi connectivity index (χ3v) is 5.30. The van der Waals surface area contributed by atoms with E-state index in [-0.39, 0.29) is 12.5 Å². The molecular weight excluding hydrogens is 286 g/mol. The first-order chi connectivity index (χ1) is 10.1. The van der Waals surface area contributed by atoms with E-state index in [2.05, 4.69) is 5.32 Å². The number of hydrogen-bond donors (Lipinski definition) is 3. The molecule has 4 nitrogen and oxygen atoms in total. The number of thiophene rings is 1. The number of carbonyl (C=O) groups excluding carboxylic acids is 1. The molecule has 0 bridgehead atoms. The maximum absolute atomic E-state index is 12.0. The van der Waals surface area contributed by atoms with Crippen molar-refractivity contribution < 1.29 is 15.0 Å². The summed E-state index contributed by atoms with van der Waals surface area (Å²) in [5, 5.41) is 24.1. The van der Waals surface area contributed by atoms with Crippen molar-refractivity contribution >= 4 is 27.3 Å². The maximum atomic E-state index is 12.0. The summed E-state index contributed by atoms with van der Waals surface area (Å²) < 4.78 is 1.12. The minimum absolute atomic E-state index is 0.133. The van der Waals surface area contributed by atoms with Crippen LogP contribution in [0.3, 0.4) is 0 Å². The summed E-state index contributed by atoms with van der Waals surface area (Å²) >= 11 is 1.52. The molecule has 0 saturated heterocycles. The first-order valence-electron chi connectivity index (χ1n) is 7.26. The van der Waals surface area contributed by atoms with Gasteiger partial charge in [-0.3, -0.25) is 4.79 Å². The highest BCUT2D eigenvalue weighted by atomic mass is 32.1. The second-order valence-electron chi connectivity index (χ2n) is 5.65. The Balaban J connectivity index is 1.63. The lowest BCUT2D eigenvalue weighted by Crippen LogP contribution is -2.45. The zero-order valence-electron chi connectivity index (χ0n) is 11.7. The Morgan fingerprint density at radius 3 is 2.76 bits per heavy atom. The minimum Gasteiger partial charge on any atom is -0.386 e. The summed E-state index contributed by atoms with van der Waals surface area (Å²) in [6, 6.07) is 9.88. The number of aliphatic hydroxyl groups excluding tert-OH is 1. The number of benzene rings is 1. The molecule has 1 aromatic heterocycles. The molecule has 1 aliphatic carbocycles. The lowest BCUT2D eigenvalue weighted by atomic mass is 10.0. The van der Waals surface area contributed by atoms with E-state index in [0.717, 1.165) is 27.8 Å². The Morgan fingerprint density at radius 2 is 2.05 bits per heavy atom. The molecule has 1 atom stereocenters. The van der Waals surface area contributed by atoms with E-state index in [0.29, 0.717) is 12.8 Å². The van der Waals surface area contributed by atoms with Crippen LogP contribution in [0, 0.1) is 0 Å². The van der Waals surface area contributed by atoms with Gasteiger partial charge < -0.3 is 15.5 Å². The Kier molecular flexibility index (Phi) is 3.97. The molecule has 1 amide bonds. The molecule has 21 heavy (non-hydrogen) atoms. The third kappa shape index (κ3) is 2.95. The number of nitrogens with one attached hydrogen (secondary N) is 1. The van der Waals surface area contributed by atoms with E-state index in [9.17, 15) is 15.0 Å². The molecule has 3 N–H and O–H groups in total. The van der Waals surface area contributed by atoms with E-state index in [1.165, 1.54) is 11.3 Å². The monoisotopic (exact) mass is 305 g/mol. The summed E-state index contributed by atoms with van der Waals surface area (Å²) in [5.41, 5.74) is -1.24. The van der Waals surface area contributed by atoms with Gasteiger partial charge in [-0.25, -0.2) is 0 Å². The van der Waals surface area contributed by atoms with Crippen LogP contribution in [0.2, 0.25) is 0 Å². The van der Waals surface area contributed by atoms with E-state index < -0.39 is 11.7 Å². The quantitative estimate of drug-likeness (QED) is 0.812. The van der Waals surface area contributed by atoms with E-state index in [1.54, 1.807) is 0 Å². The summed E-state index contributed by atoms with van der Waals surface area (Å²) in [5.74, 6) is -0.361. The molecule has 1 saturated carbocycles. The molecule has 3 rings (SSSR count). The predicted octanol–water partition coefficient (Wildman–Crippen LogP) is 2.36. The number of carbonyl (C=O) groups is 1. The highest BCUT2D eigenvalue weighted by molar-refractivity contribution is 7.19. The van der Waals surface area contributed by atoms with Crippen molar-refractivity contribution in [2.75, 3.05) is 6.54 Å². The number of fused-ring (bicyclic) bond motifs is 1. The first kappa shape index (κ1) is 14.5. The van der Waals surface area contributed by atoms with Crippen LogP contribution in [0.1, 0.15) is 36.7 Å². The van der Waals surface area contributed by atoms with Gasteiger partial charge in [-0.05, 0) is 43.2 Å². The normalized spacial score (nSPS) is 18.8. The minimum atomic E-state index is -1.24. The van der Waals surface area contributed by atoms with Gasteiger partial charge >= 0.3 is 0 Å². The van der Waals surface area contributed by atoms with Crippen LogP contribution in [0.5, 0.6) is 0 Å². The van der Waals surface area contributed by atoms with Crippen LogP contribution in [0.25, 0.3) is 10.1 Å². The van der Waals surface area contributed by atoms with Crippen LogP contribution >= 0.6 is 11.3 Å². The Bertz CT molecular complexity index is 613. The fourth-order valence-corrected chi connectivity index (χ4v) is 3.86. The van der Waals surface area contributed by atoms with E-state index >= 15 is 0 Å². The number of aliphatic hydroxyl groups is 2. The summed E-state index contributed by atoms with van der Waals surface area (Å²) in [6.07, 6.45) is 2.04. The molecule has 112 valence electrons. The molecule has 0 radical (unpaired) electrons. The van der Waals surface area contributed by atoms with Crippen molar-refractivity contribution in [2.24, 2.45) is 0 Å². The standard InChI is InChI=1S/C16H19NO3S/c18-12(10-17-15(19)16(20)7-3-4-8-16)14-9-11-5-1-2-6-13(11)21-14/h1-2,5-6,9,12,18,20H,3-4,7-8,10H2,(H,17,19). The smallest absolute Gasteiger partial charge is 0.252 e. The second kappa shape index (κ2) is 5.75.